The van der Waals surface area contributed by atoms with Crippen LogP contribution < -0.4 is 0 Å². The summed E-state index contributed by atoms with van der Waals surface area (Å²) in [5.41, 5.74) is 3.47. The summed E-state index contributed by atoms with van der Waals surface area (Å²) in [4.78, 5) is 11.5. The fourth-order valence-electron chi connectivity index (χ4n) is 3.40. The third kappa shape index (κ3) is 2.67. The maximum absolute atomic E-state index is 11.5. The van der Waals surface area contributed by atoms with Crippen LogP contribution in [0.15, 0.2) is 0 Å². The van der Waals surface area contributed by atoms with Gasteiger partial charge in [0.1, 0.15) is 0 Å². The van der Waals surface area contributed by atoms with Crippen molar-refractivity contribution in [3.05, 3.63) is 17.0 Å². The van der Waals surface area contributed by atoms with E-state index >= 15 is 0 Å². The Morgan fingerprint density at radius 2 is 2.00 bits per heavy atom. The van der Waals surface area contributed by atoms with Crippen LogP contribution in [-0.2, 0) is 11.2 Å². The fraction of sp³-hybridized carbons (Fsp3) is 0.733. The van der Waals surface area contributed by atoms with Crippen LogP contribution in [0.2, 0.25) is 0 Å². The maximum Gasteiger partial charge on any atom is 0.308 e. The predicted octanol–water partition coefficient (Wildman–Crippen LogP) is 3.27. The van der Waals surface area contributed by atoms with Gasteiger partial charge in [-0.3, -0.25) is 9.48 Å². The molecule has 0 amide bonds. The average molecular weight is 264 g/mol. The van der Waals surface area contributed by atoms with Gasteiger partial charge in [0.25, 0.3) is 0 Å². The molecule has 0 aromatic carbocycles. The minimum Gasteiger partial charge on any atom is -0.481 e. The molecule has 2 unspecified atom stereocenters. The lowest BCUT2D eigenvalue weighted by Crippen LogP contribution is -2.27. The van der Waals surface area contributed by atoms with Gasteiger partial charge in [-0.1, -0.05) is 26.2 Å². The summed E-state index contributed by atoms with van der Waals surface area (Å²) in [6.45, 7) is 6.22. The van der Waals surface area contributed by atoms with E-state index in [4.69, 9.17) is 0 Å². The number of nitrogens with zero attached hydrogens (tertiary/aromatic N) is 2. The minimum atomic E-state index is -0.669. The maximum atomic E-state index is 11.5. The molecular formula is C15H24N2O2. The quantitative estimate of drug-likeness (QED) is 0.852. The molecular weight excluding hydrogens is 240 g/mol. The molecule has 4 heteroatoms. The van der Waals surface area contributed by atoms with E-state index < -0.39 is 5.97 Å². The summed E-state index contributed by atoms with van der Waals surface area (Å²) < 4.78 is 2.00. The number of carboxylic acids is 1. The Labute approximate surface area is 114 Å². The van der Waals surface area contributed by atoms with Crippen molar-refractivity contribution in [2.24, 2.45) is 5.92 Å². The van der Waals surface area contributed by atoms with Gasteiger partial charge in [0.2, 0.25) is 0 Å². The smallest absolute Gasteiger partial charge is 0.308 e. The first-order chi connectivity index (χ1) is 9.06. The van der Waals surface area contributed by atoms with Crippen LogP contribution in [0.25, 0.3) is 0 Å². The van der Waals surface area contributed by atoms with E-state index in [0.717, 1.165) is 49.9 Å². The van der Waals surface area contributed by atoms with Crippen LogP contribution in [0.1, 0.15) is 62.0 Å². The molecule has 1 N–H and O–H groups in total. The summed E-state index contributed by atoms with van der Waals surface area (Å²) in [5.74, 6) is -0.956. The molecule has 1 saturated carbocycles. The van der Waals surface area contributed by atoms with Crippen LogP contribution in [0, 0.1) is 19.8 Å². The van der Waals surface area contributed by atoms with E-state index in [1.54, 1.807) is 0 Å². The number of aromatic nitrogens is 2. The number of hydrogen-bond acceptors (Lipinski definition) is 2. The van der Waals surface area contributed by atoms with Gasteiger partial charge in [-0.05, 0) is 38.7 Å². The summed E-state index contributed by atoms with van der Waals surface area (Å²) in [7, 11) is 0. The number of aliphatic carboxylic acids is 1. The van der Waals surface area contributed by atoms with Crippen molar-refractivity contribution in [3.63, 3.8) is 0 Å². The lowest BCUT2D eigenvalue weighted by molar-refractivity contribution is -0.143. The van der Waals surface area contributed by atoms with Crippen LogP contribution in [-0.4, -0.2) is 20.9 Å². The molecule has 4 nitrogen and oxygen atoms in total. The summed E-state index contributed by atoms with van der Waals surface area (Å²) in [6.07, 6.45) is 5.94. The van der Waals surface area contributed by atoms with Gasteiger partial charge >= 0.3 is 5.97 Å². The third-order valence-corrected chi connectivity index (χ3v) is 4.44. The highest BCUT2D eigenvalue weighted by Gasteiger charge is 2.32. The van der Waals surface area contributed by atoms with Crippen molar-refractivity contribution in [2.75, 3.05) is 0 Å². The zero-order chi connectivity index (χ0) is 14.0. The first kappa shape index (κ1) is 14.1. The average Bonchev–Trinajstić information content (AvgIpc) is 2.57. The zero-order valence-electron chi connectivity index (χ0n) is 12.1. The van der Waals surface area contributed by atoms with Crippen molar-refractivity contribution >= 4 is 5.97 Å². The Morgan fingerprint density at radius 3 is 2.58 bits per heavy atom. The molecule has 2 atom stereocenters. The van der Waals surface area contributed by atoms with Gasteiger partial charge in [0.15, 0.2) is 0 Å². The van der Waals surface area contributed by atoms with E-state index in [-0.39, 0.29) is 12.0 Å². The van der Waals surface area contributed by atoms with Gasteiger partial charge in [-0.25, -0.2) is 0 Å². The lowest BCUT2D eigenvalue weighted by Gasteiger charge is -2.23. The van der Waals surface area contributed by atoms with E-state index in [1.807, 2.05) is 11.6 Å². The van der Waals surface area contributed by atoms with Gasteiger partial charge in [-0.2, -0.15) is 5.10 Å². The monoisotopic (exact) mass is 264 g/mol. The summed E-state index contributed by atoms with van der Waals surface area (Å²) in [5, 5.41) is 14.1. The SMILES string of the molecule is CCc1c(C)nn(C2CCCCCC2C(=O)O)c1C. The summed E-state index contributed by atoms with van der Waals surface area (Å²) >= 11 is 0. The number of rotatable bonds is 3. The Balaban J connectivity index is 2.39. The molecule has 1 aliphatic rings. The van der Waals surface area contributed by atoms with E-state index in [1.165, 1.54) is 5.56 Å². The molecule has 1 fully saturated rings. The molecule has 0 saturated heterocycles. The third-order valence-electron chi connectivity index (χ3n) is 4.44. The Hall–Kier alpha value is -1.32. The molecule has 0 spiro atoms. The minimum absolute atomic E-state index is 0.0269. The second-order valence-corrected chi connectivity index (χ2v) is 5.60. The van der Waals surface area contributed by atoms with Gasteiger partial charge in [-0.15, -0.1) is 0 Å². The second-order valence-electron chi connectivity index (χ2n) is 5.60. The molecule has 1 aromatic rings. The molecule has 0 aliphatic heterocycles. The van der Waals surface area contributed by atoms with Crippen molar-refractivity contribution < 1.29 is 9.90 Å². The molecule has 1 aliphatic carbocycles. The zero-order valence-corrected chi connectivity index (χ0v) is 12.1. The van der Waals surface area contributed by atoms with E-state index in [0.29, 0.717) is 0 Å². The second kappa shape index (κ2) is 5.76. The van der Waals surface area contributed by atoms with Crippen LogP contribution in [0.5, 0.6) is 0 Å². The number of carboxylic acid groups (broad SMARTS) is 1. The molecule has 0 bridgehead atoms. The largest absolute Gasteiger partial charge is 0.481 e. The number of aryl methyl sites for hydroxylation is 1. The van der Waals surface area contributed by atoms with Crippen molar-refractivity contribution in [2.45, 2.75) is 65.3 Å². The van der Waals surface area contributed by atoms with Gasteiger partial charge in [0, 0.05) is 5.69 Å². The lowest BCUT2D eigenvalue weighted by atomic mass is 9.94. The highest BCUT2D eigenvalue weighted by atomic mass is 16.4. The van der Waals surface area contributed by atoms with Crippen LogP contribution in [0.3, 0.4) is 0 Å². The van der Waals surface area contributed by atoms with Crippen molar-refractivity contribution in [1.82, 2.24) is 9.78 Å². The Kier molecular flexibility index (Phi) is 4.27. The number of hydrogen-bond donors (Lipinski definition) is 1. The molecule has 106 valence electrons. The highest BCUT2D eigenvalue weighted by Crippen LogP contribution is 2.34. The molecule has 1 aromatic heterocycles. The van der Waals surface area contributed by atoms with E-state index in [9.17, 15) is 9.90 Å². The highest BCUT2D eigenvalue weighted by molar-refractivity contribution is 5.70. The molecule has 1 heterocycles. The summed E-state index contributed by atoms with van der Waals surface area (Å²) in [6, 6.07) is 0.0269. The first-order valence-corrected chi connectivity index (χ1v) is 7.33. The first-order valence-electron chi connectivity index (χ1n) is 7.33. The van der Waals surface area contributed by atoms with Gasteiger partial charge in [0.05, 0.1) is 17.7 Å². The molecule has 2 rings (SSSR count). The van der Waals surface area contributed by atoms with Crippen LogP contribution >= 0.6 is 0 Å². The normalized spacial score (nSPS) is 24.2. The molecule has 0 radical (unpaired) electrons. The Bertz CT molecular complexity index is 465. The predicted molar refractivity (Wildman–Crippen MR) is 74.3 cm³/mol. The Morgan fingerprint density at radius 1 is 1.32 bits per heavy atom. The molecule has 19 heavy (non-hydrogen) atoms. The van der Waals surface area contributed by atoms with Crippen molar-refractivity contribution in [3.8, 4) is 0 Å². The van der Waals surface area contributed by atoms with Gasteiger partial charge < -0.3 is 5.11 Å². The standard InChI is InChI=1S/C15H24N2O2/c1-4-12-10(2)16-17(11(12)3)14-9-7-5-6-8-13(14)15(18)19/h13-14H,4-9H2,1-3H3,(H,18,19). The van der Waals surface area contributed by atoms with Crippen molar-refractivity contribution in [1.29, 1.82) is 0 Å². The topological polar surface area (TPSA) is 55.1 Å². The number of carbonyl (C=O) groups is 1. The van der Waals surface area contributed by atoms with E-state index in [2.05, 4.69) is 18.9 Å². The van der Waals surface area contributed by atoms with Crippen LogP contribution in [0.4, 0.5) is 0 Å². The fourth-order valence-corrected chi connectivity index (χ4v) is 3.40.